The Morgan fingerprint density at radius 3 is 1.95 bits per heavy atom. The quantitative estimate of drug-likeness (QED) is 0.444. The van der Waals surface area contributed by atoms with Crippen LogP contribution in [0.2, 0.25) is 0 Å². The van der Waals surface area contributed by atoms with Gasteiger partial charge in [-0.25, -0.2) is 0 Å². The van der Waals surface area contributed by atoms with Crippen LogP contribution in [-0.2, 0) is 0 Å². The van der Waals surface area contributed by atoms with Crippen molar-refractivity contribution in [1.82, 2.24) is 0 Å². The lowest BCUT2D eigenvalue weighted by Gasteiger charge is -2.35. The summed E-state index contributed by atoms with van der Waals surface area (Å²) in [7, 11) is 0. The van der Waals surface area contributed by atoms with Crippen LogP contribution in [0, 0.1) is 17.8 Å². The molecule has 0 heterocycles. The van der Waals surface area contributed by atoms with Crippen LogP contribution in [0.3, 0.4) is 0 Å². The van der Waals surface area contributed by atoms with E-state index in [0.717, 1.165) is 17.8 Å². The smallest absolute Gasteiger partial charge is 0.00672 e. The van der Waals surface area contributed by atoms with Crippen LogP contribution in [0.15, 0.2) is 0 Å². The summed E-state index contributed by atoms with van der Waals surface area (Å²) in [5.74, 6) is 2.62. The second-order valence-electron chi connectivity index (χ2n) is 7.81. The summed E-state index contributed by atoms with van der Waals surface area (Å²) in [5, 5.41) is 0. The Balaban J connectivity index is 1.95. The molecule has 1 aliphatic carbocycles. The van der Waals surface area contributed by atoms with E-state index in [2.05, 4.69) is 20.8 Å². The van der Waals surface area contributed by atoms with Gasteiger partial charge in [0.05, 0.1) is 0 Å². The second-order valence-corrected chi connectivity index (χ2v) is 7.81. The Labute approximate surface area is 134 Å². The number of nitrogens with two attached hydrogens (primary N) is 1. The van der Waals surface area contributed by atoms with Crippen molar-refractivity contribution in [1.29, 1.82) is 0 Å². The van der Waals surface area contributed by atoms with E-state index in [1.54, 1.807) is 0 Å². The predicted molar refractivity (Wildman–Crippen MR) is 95.5 cm³/mol. The minimum absolute atomic E-state index is 0.476. The van der Waals surface area contributed by atoms with Gasteiger partial charge in [-0.3, -0.25) is 0 Å². The zero-order valence-electron chi connectivity index (χ0n) is 15.1. The van der Waals surface area contributed by atoms with Crippen molar-refractivity contribution >= 4 is 0 Å². The molecule has 1 rings (SSSR count). The summed E-state index contributed by atoms with van der Waals surface area (Å²) in [6.45, 7) is 7.12. The Bertz CT molecular complexity index is 238. The van der Waals surface area contributed by atoms with E-state index in [-0.39, 0.29) is 0 Å². The molecule has 0 bridgehead atoms. The van der Waals surface area contributed by atoms with Crippen LogP contribution in [-0.4, -0.2) is 6.04 Å². The molecule has 0 aliphatic heterocycles. The van der Waals surface area contributed by atoms with E-state index in [4.69, 9.17) is 5.73 Å². The van der Waals surface area contributed by atoms with Gasteiger partial charge in [-0.05, 0) is 37.0 Å². The number of hydrogen-bond acceptors (Lipinski definition) is 1. The molecular formula is C20H41N. The highest BCUT2D eigenvalue weighted by atomic mass is 14.7. The number of unbranched alkanes of at least 4 members (excludes halogenated alkanes) is 8. The molecule has 1 fully saturated rings. The summed E-state index contributed by atoms with van der Waals surface area (Å²) >= 11 is 0. The van der Waals surface area contributed by atoms with Crippen molar-refractivity contribution in [2.75, 3.05) is 0 Å². The van der Waals surface area contributed by atoms with E-state index in [1.165, 1.54) is 83.5 Å². The molecule has 2 N–H and O–H groups in total. The predicted octanol–water partition coefficient (Wildman–Crippen LogP) is 6.31. The van der Waals surface area contributed by atoms with Gasteiger partial charge in [0, 0.05) is 6.04 Å². The van der Waals surface area contributed by atoms with Crippen LogP contribution in [0.1, 0.15) is 104 Å². The fraction of sp³-hybridized carbons (Fsp3) is 1.00. The van der Waals surface area contributed by atoms with Gasteiger partial charge in [0.15, 0.2) is 0 Å². The lowest BCUT2D eigenvalue weighted by molar-refractivity contribution is 0.180. The second kappa shape index (κ2) is 11.5. The zero-order chi connectivity index (χ0) is 15.5. The molecule has 1 heteroatoms. The molecule has 1 saturated carbocycles. The molecular weight excluding hydrogens is 254 g/mol. The van der Waals surface area contributed by atoms with Crippen molar-refractivity contribution in [2.24, 2.45) is 23.5 Å². The van der Waals surface area contributed by atoms with Crippen molar-refractivity contribution in [3.05, 3.63) is 0 Å². The lowest BCUT2D eigenvalue weighted by Crippen LogP contribution is -2.35. The number of rotatable bonds is 11. The standard InChI is InChI=1S/C20H41N/c1-4-5-6-7-8-9-10-11-12-13-20(21)19-15-14-17(2)18(3)16-19/h17-20H,4-16,21H2,1-3H3. The molecule has 0 radical (unpaired) electrons. The van der Waals surface area contributed by atoms with Gasteiger partial charge in [0.1, 0.15) is 0 Å². The fourth-order valence-corrected chi connectivity index (χ4v) is 3.90. The summed E-state index contributed by atoms with van der Waals surface area (Å²) < 4.78 is 0. The highest BCUT2D eigenvalue weighted by Gasteiger charge is 2.27. The maximum atomic E-state index is 6.45. The van der Waals surface area contributed by atoms with Crippen molar-refractivity contribution in [2.45, 2.75) is 110 Å². The van der Waals surface area contributed by atoms with E-state index in [0.29, 0.717) is 6.04 Å². The molecule has 4 unspecified atom stereocenters. The minimum Gasteiger partial charge on any atom is -0.327 e. The zero-order valence-corrected chi connectivity index (χ0v) is 15.1. The largest absolute Gasteiger partial charge is 0.327 e. The first-order chi connectivity index (χ1) is 10.1. The van der Waals surface area contributed by atoms with Crippen LogP contribution in [0.4, 0.5) is 0 Å². The van der Waals surface area contributed by atoms with Crippen LogP contribution >= 0.6 is 0 Å². The normalized spacial score (nSPS) is 27.7. The van der Waals surface area contributed by atoms with Gasteiger partial charge in [-0.2, -0.15) is 0 Å². The first-order valence-electron chi connectivity index (χ1n) is 9.90. The van der Waals surface area contributed by atoms with Gasteiger partial charge in [-0.1, -0.05) is 85.0 Å². The molecule has 0 spiro atoms. The highest BCUT2D eigenvalue weighted by Crippen LogP contribution is 2.35. The molecule has 4 atom stereocenters. The fourth-order valence-electron chi connectivity index (χ4n) is 3.90. The Morgan fingerprint density at radius 1 is 0.810 bits per heavy atom. The molecule has 126 valence electrons. The number of hydrogen-bond donors (Lipinski definition) is 1. The van der Waals surface area contributed by atoms with Crippen LogP contribution in [0.25, 0.3) is 0 Å². The minimum atomic E-state index is 0.476. The van der Waals surface area contributed by atoms with Crippen LogP contribution in [0.5, 0.6) is 0 Å². The van der Waals surface area contributed by atoms with Crippen LogP contribution < -0.4 is 5.73 Å². The van der Waals surface area contributed by atoms with Gasteiger partial charge in [-0.15, -0.1) is 0 Å². The average Bonchev–Trinajstić information content (AvgIpc) is 2.48. The lowest BCUT2D eigenvalue weighted by atomic mass is 9.72. The molecule has 1 aliphatic rings. The highest BCUT2D eigenvalue weighted by molar-refractivity contribution is 4.81. The summed E-state index contributed by atoms with van der Waals surface area (Å²) in [4.78, 5) is 0. The molecule has 0 aromatic carbocycles. The Hall–Kier alpha value is -0.0400. The maximum absolute atomic E-state index is 6.45. The van der Waals surface area contributed by atoms with Crippen molar-refractivity contribution < 1.29 is 0 Å². The average molecular weight is 296 g/mol. The molecule has 21 heavy (non-hydrogen) atoms. The third kappa shape index (κ3) is 8.24. The SMILES string of the molecule is CCCCCCCCCCCC(N)C1CCC(C)C(C)C1. The first-order valence-corrected chi connectivity index (χ1v) is 9.90. The topological polar surface area (TPSA) is 26.0 Å². The van der Waals surface area contributed by atoms with Gasteiger partial charge >= 0.3 is 0 Å². The molecule has 0 saturated heterocycles. The van der Waals surface area contributed by atoms with E-state index >= 15 is 0 Å². The molecule has 1 nitrogen and oxygen atoms in total. The summed E-state index contributed by atoms with van der Waals surface area (Å²) in [6.07, 6.45) is 18.2. The van der Waals surface area contributed by atoms with Gasteiger partial charge in [0.2, 0.25) is 0 Å². The molecule has 0 amide bonds. The van der Waals surface area contributed by atoms with Gasteiger partial charge in [0.25, 0.3) is 0 Å². The summed E-state index contributed by atoms with van der Waals surface area (Å²) in [6, 6.07) is 0.476. The van der Waals surface area contributed by atoms with Crippen molar-refractivity contribution in [3.63, 3.8) is 0 Å². The van der Waals surface area contributed by atoms with Gasteiger partial charge < -0.3 is 5.73 Å². The maximum Gasteiger partial charge on any atom is 0.00672 e. The third-order valence-corrected chi connectivity index (χ3v) is 5.89. The monoisotopic (exact) mass is 295 g/mol. The third-order valence-electron chi connectivity index (χ3n) is 5.89. The molecule has 0 aromatic rings. The summed E-state index contributed by atoms with van der Waals surface area (Å²) in [5.41, 5.74) is 6.45. The Morgan fingerprint density at radius 2 is 1.38 bits per heavy atom. The van der Waals surface area contributed by atoms with E-state index < -0.39 is 0 Å². The van der Waals surface area contributed by atoms with E-state index in [1.807, 2.05) is 0 Å². The first kappa shape index (κ1) is 19.0. The Kier molecular flexibility index (Phi) is 10.4. The van der Waals surface area contributed by atoms with Crippen molar-refractivity contribution in [3.8, 4) is 0 Å². The van der Waals surface area contributed by atoms with E-state index in [9.17, 15) is 0 Å². The molecule has 0 aromatic heterocycles.